The first kappa shape index (κ1) is 16.3. The van der Waals surface area contributed by atoms with Gasteiger partial charge in [0.05, 0.1) is 12.1 Å². The third-order valence-corrected chi connectivity index (χ3v) is 3.46. The maximum Gasteiger partial charge on any atom is 0.258 e. The lowest BCUT2D eigenvalue weighted by Gasteiger charge is -2.16. The van der Waals surface area contributed by atoms with Gasteiger partial charge in [-0.1, -0.05) is 12.1 Å². The molecular weight excluding hydrogens is 282 g/mol. The standard InChI is InChI=1S/C16H23N3O3/c1-10(17)16(21)18-11(2)12-3-7-14(8-4-12)22-9-15(20)19-13-5-6-13/h3-4,7-8,10-11,13H,5-6,9,17H2,1-2H3,(H,18,21)(H,19,20)/t10-,11?/m1/s1. The highest BCUT2D eigenvalue weighted by Gasteiger charge is 2.23. The monoisotopic (exact) mass is 305 g/mol. The average Bonchev–Trinajstić information content (AvgIpc) is 3.29. The number of carbonyl (C=O) groups is 2. The van der Waals surface area contributed by atoms with E-state index in [1.54, 1.807) is 19.1 Å². The Morgan fingerprint density at radius 3 is 2.45 bits per heavy atom. The van der Waals surface area contributed by atoms with Gasteiger partial charge in [0.1, 0.15) is 5.75 Å². The zero-order valence-electron chi connectivity index (χ0n) is 13.0. The van der Waals surface area contributed by atoms with Gasteiger partial charge in [0.2, 0.25) is 5.91 Å². The molecule has 0 radical (unpaired) electrons. The molecule has 1 aliphatic rings. The number of hydrogen-bond donors (Lipinski definition) is 3. The van der Waals surface area contributed by atoms with Crippen LogP contribution in [-0.2, 0) is 9.59 Å². The van der Waals surface area contributed by atoms with Crippen LogP contribution in [-0.4, -0.2) is 30.5 Å². The molecule has 1 saturated carbocycles. The van der Waals surface area contributed by atoms with Gasteiger partial charge >= 0.3 is 0 Å². The van der Waals surface area contributed by atoms with Crippen molar-refractivity contribution in [3.05, 3.63) is 29.8 Å². The largest absolute Gasteiger partial charge is 0.484 e. The quantitative estimate of drug-likeness (QED) is 0.697. The van der Waals surface area contributed by atoms with E-state index in [4.69, 9.17) is 10.5 Å². The summed E-state index contributed by atoms with van der Waals surface area (Å²) in [5, 5.41) is 5.69. The first-order valence-electron chi connectivity index (χ1n) is 7.54. The molecule has 2 rings (SSSR count). The summed E-state index contributed by atoms with van der Waals surface area (Å²) in [4.78, 5) is 23.1. The minimum absolute atomic E-state index is 0.0207. The van der Waals surface area contributed by atoms with E-state index in [9.17, 15) is 9.59 Å². The second-order valence-corrected chi connectivity index (χ2v) is 5.72. The molecule has 2 amide bonds. The van der Waals surface area contributed by atoms with Crippen molar-refractivity contribution < 1.29 is 14.3 Å². The molecule has 4 N–H and O–H groups in total. The smallest absolute Gasteiger partial charge is 0.258 e. The van der Waals surface area contributed by atoms with Crippen molar-refractivity contribution in [3.8, 4) is 5.75 Å². The Morgan fingerprint density at radius 1 is 1.27 bits per heavy atom. The summed E-state index contributed by atoms with van der Waals surface area (Å²) in [7, 11) is 0. The molecule has 1 aliphatic carbocycles. The van der Waals surface area contributed by atoms with Crippen molar-refractivity contribution in [3.63, 3.8) is 0 Å². The molecular formula is C16H23N3O3. The summed E-state index contributed by atoms with van der Waals surface area (Å²) in [6, 6.07) is 6.97. The second kappa shape index (κ2) is 7.26. The van der Waals surface area contributed by atoms with E-state index in [0.29, 0.717) is 11.8 Å². The van der Waals surface area contributed by atoms with Gasteiger partial charge in [-0.15, -0.1) is 0 Å². The molecule has 22 heavy (non-hydrogen) atoms. The minimum Gasteiger partial charge on any atom is -0.484 e. The number of nitrogens with one attached hydrogen (secondary N) is 2. The first-order valence-corrected chi connectivity index (χ1v) is 7.54. The Hall–Kier alpha value is -2.08. The molecule has 1 aromatic rings. The maximum absolute atomic E-state index is 11.6. The van der Waals surface area contributed by atoms with Crippen LogP contribution in [0.1, 0.15) is 38.3 Å². The number of hydrogen-bond acceptors (Lipinski definition) is 4. The molecule has 0 aliphatic heterocycles. The van der Waals surface area contributed by atoms with Crippen molar-refractivity contribution >= 4 is 11.8 Å². The maximum atomic E-state index is 11.6. The van der Waals surface area contributed by atoms with Gasteiger partial charge in [-0.05, 0) is 44.4 Å². The topological polar surface area (TPSA) is 93.5 Å². The van der Waals surface area contributed by atoms with Crippen LogP contribution in [0.4, 0.5) is 0 Å². The van der Waals surface area contributed by atoms with Crippen LogP contribution in [0.15, 0.2) is 24.3 Å². The highest BCUT2D eigenvalue weighted by molar-refractivity contribution is 5.81. The number of benzene rings is 1. The molecule has 0 heterocycles. The molecule has 2 atom stereocenters. The molecule has 0 spiro atoms. The molecule has 1 fully saturated rings. The Morgan fingerprint density at radius 2 is 1.91 bits per heavy atom. The number of carbonyl (C=O) groups excluding carboxylic acids is 2. The van der Waals surface area contributed by atoms with E-state index in [1.807, 2.05) is 19.1 Å². The van der Waals surface area contributed by atoms with Gasteiger partial charge in [0.15, 0.2) is 6.61 Å². The second-order valence-electron chi connectivity index (χ2n) is 5.72. The third-order valence-electron chi connectivity index (χ3n) is 3.46. The molecule has 6 heteroatoms. The summed E-state index contributed by atoms with van der Waals surface area (Å²) in [6.45, 7) is 3.55. The van der Waals surface area contributed by atoms with Crippen molar-refractivity contribution in [1.29, 1.82) is 0 Å². The Balaban J connectivity index is 1.81. The van der Waals surface area contributed by atoms with Crippen LogP contribution in [0, 0.1) is 0 Å². The zero-order valence-corrected chi connectivity index (χ0v) is 13.0. The van der Waals surface area contributed by atoms with Crippen LogP contribution in [0.2, 0.25) is 0 Å². The van der Waals surface area contributed by atoms with Gasteiger partial charge in [-0.25, -0.2) is 0 Å². The van der Waals surface area contributed by atoms with Crippen molar-refractivity contribution in [2.45, 2.75) is 44.8 Å². The molecule has 0 aromatic heterocycles. The molecule has 0 bridgehead atoms. The summed E-state index contributed by atoms with van der Waals surface area (Å²) in [5.41, 5.74) is 6.47. The van der Waals surface area contributed by atoms with E-state index in [0.717, 1.165) is 18.4 Å². The van der Waals surface area contributed by atoms with Gasteiger partial charge in [-0.3, -0.25) is 9.59 Å². The van der Waals surface area contributed by atoms with E-state index in [2.05, 4.69) is 10.6 Å². The molecule has 120 valence electrons. The lowest BCUT2D eigenvalue weighted by molar-refractivity contribution is -0.123. The molecule has 1 unspecified atom stereocenters. The van der Waals surface area contributed by atoms with Gasteiger partial charge < -0.3 is 21.1 Å². The zero-order chi connectivity index (χ0) is 16.1. The normalized spacial score (nSPS) is 16.5. The molecule has 1 aromatic carbocycles. The number of amides is 2. The summed E-state index contributed by atoms with van der Waals surface area (Å²) < 4.78 is 5.43. The lowest BCUT2D eigenvalue weighted by atomic mass is 10.1. The summed E-state index contributed by atoms with van der Waals surface area (Å²) in [5.74, 6) is 0.342. The van der Waals surface area contributed by atoms with Crippen LogP contribution < -0.4 is 21.1 Å². The van der Waals surface area contributed by atoms with E-state index >= 15 is 0 Å². The summed E-state index contributed by atoms with van der Waals surface area (Å²) >= 11 is 0. The predicted molar refractivity (Wildman–Crippen MR) is 83.3 cm³/mol. The van der Waals surface area contributed by atoms with Gasteiger partial charge in [0, 0.05) is 6.04 Å². The fraction of sp³-hybridized carbons (Fsp3) is 0.500. The lowest BCUT2D eigenvalue weighted by Crippen LogP contribution is -2.39. The van der Waals surface area contributed by atoms with Crippen LogP contribution in [0.5, 0.6) is 5.75 Å². The van der Waals surface area contributed by atoms with Crippen molar-refractivity contribution in [1.82, 2.24) is 10.6 Å². The predicted octanol–water partition coefficient (Wildman–Crippen LogP) is 0.868. The highest BCUT2D eigenvalue weighted by atomic mass is 16.5. The number of nitrogens with two attached hydrogens (primary N) is 1. The summed E-state index contributed by atoms with van der Waals surface area (Å²) in [6.07, 6.45) is 2.12. The fourth-order valence-corrected chi connectivity index (χ4v) is 1.93. The average molecular weight is 305 g/mol. The third kappa shape index (κ3) is 5.04. The van der Waals surface area contributed by atoms with Crippen LogP contribution >= 0.6 is 0 Å². The molecule has 6 nitrogen and oxygen atoms in total. The number of ether oxygens (including phenoxy) is 1. The van der Waals surface area contributed by atoms with E-state index in [1.165, 1.54) is 0 Å². The Labute approximate surface area is 130 Å². The highest BCUT2D eigenvalue weighted by Crippen LogP contribution is 2.19. The SMILES string of the molecule is CC(NC(=O)[C@@H](C)N)c1ccc(OCC(=O)NC2CC2)cc1. The van der Waals surface area contributed by atoms with Crippen LogP contribution in [0.3, 0.4) is 0 Å². The van der Waals surface area contributed by atoms with Crippen molar-refractivity contribution in [2.24, 2.45) is 5.73 Å². The van der Waals surface area contributed by atoms with Gasteiger partial charge in [0.25, 0.3) is 5.91 Å². The van der Waals surface area contributed by atoms with Crippen LogP contribution in [0.25, 0.3) is 0 Å². The van der Waals surface area contributed by atoms with Crippen molar-refractivity contribution in [2.75, 3.05) is 6.61 Å². The Bertz CT molecular complexity index is 524. The van der Waals surface area contributed by atoms with E-state index in [-0.39, 0.29) is 24.5 Å². The Kier molecular flexibility index (Phi) is 5.38. The van der Waals surface area contributed by atoms with E-state index < -0.39 is 6.04 Å². The fourth-order valence-electron chi connectivity index (χ4n) is 1.93. The molecule has 0 saturated heterocycles. The minimum atomic E-state index is -0.532. The number of rotatable bonds is 7. The first-order chi connectivity index (χ1) is 10.5. The van der Waals surface area contributed by atoms with Gasteiger partial charge in [-0.2, -0.15) is 0 Å².